The van der Waals surface area contributed by atoms with Crippen molar-refractivity contribution in [2.45, 2.75) is 45.6 Å². The first-order valence-electron chi connectivity index (χ1n) is 9.09. The molecule has 2 aromatic rings. The molecule has 0 atom stereocenters. The zero-order valence-corrected chi connectivity index (χ0v) is 15.0. The Morgan fingerprint density at radius 2 is 1.92 bits per heavy atom. The van der Waals surface area contributed by atoms with Crippen molar-refractivity contribution >= 4 is 22.8 Å². The number of hydrogen-bond donors (Lipinski definition) is 0. The van der Waals surface area contributed by atoms with E-state index in [1.807, 2.05) is 4.90 Å². The number of carbonyl (C=O) groups is 2. The van der Waals surface area contributed by atoms with Crippen LogP contribution in [0.4, 0.5) is 0 Å². The standard InChI is InChI=1S/C20H26N2O3/c1-3-10-22-13-18(17-6-4-5-7-19(17)22)16-8-11-21(12-9-16)20(24)14-25-15(2)23/h4-7,13,16H,3,8-12,14H2,1-2H3. The van der Waals surface area contributed by atoms with Gasteiger partial charge in [-0.2, -0.15) is 0 Å². The van der Waals surface area contributed by atoms with E-state index in [2.05, 4.69) is 42.0 Å². The topological polar surface area (TPSA) is 51.5 Å². The third-order valence-electron chi connectivity index (χ3n) is 4.97. The number of aryl methyl sites for hydroxylation is 1. The average Bonchev–Trinajstić information content (AvgIpc) is 2.99. The van der Waals surface area contributed by atoms with Gasteiger partial charge in [-0.1, -0.05) is 25.1 Å². The molecule has 5 nitrogen and oxygen atoms in total. The van der Waals surface area contributed by atoms with Crippen LogP contribution in [0.5, 0.6) is 0 Å². The van der Waals surface area contributed by atoms with E-state index in [0.717, 1.165) is 38.9 Å². The van der Waals surface area contributed by atoms with Gasteiger partial charge in [-0.05, 0) is 36.8 Å². The summed E-state index contributed by atoms with van der Waals surface area (Å²) in [5.41, 5.74) is 2.70. The molecule has 0 unspecified atom stereocenters. The van der Waals surface area contributed by atoms with Crippen LogP contribution in [0.2, 0.25) is 0 Å². The maximum absolute atomic E-state index is 12.1. The molecule has 2 heterocycles. The lowest BCUT2D eigenvalue weighted by Gasteiger charge is -2.31. The van der Waals surface area contributed by atoms with Gasteiger partial charge in [-0.15, -0.1) is 0 Å². The number of rotatable bonds is 5. The molecule has 0 saturated carbocycles. The Morgan fingerprint density at radius 3 is 2.60 bits per heavy atom. The summed E-state index contributed by atoms with van der Waals surface area (Å²) < 4.78 is 7.17. The molecular weight excluding hydrogens is 316 g/mol. The number of likely N-dealkylation sites (tertiary alicyclic amines) is 1. The minimum atomic E-state index is -0.410. The first kappa shape index (κ1) is 17.5. The molecule has 0 aliphatic carbocycles. The predicted octanol–water partition coefficient (Wildman–Crippen LogP) is 3.32. The van der Waals surface area contributed by atoms with E-state index in [1.54, 1.807) is 0 Å². The molecule has 134 valence electrons. The number of carbonyl (C=O) groups excluding carboxylic acids is 2. The lowest BCUT2D eigenvalue weighted by Crippen LogP contribution is -2.40. The van der Waals surface area contributed by atoms with Gasteiger partial charge in [0, 0.05) is 43.7 Å². The van der Waals surface area contributed by atoms with Gasteiger partial charge < -0.3 is 14.2 Å². The molecule has 0 spiro atoms. The number of fused-ring (bicyclic) bond motifs is 1. The number of nitrogens with zero attached hydrogens (tertiary/aromatic N) is 2. The van der Waals surface area contributed by atoms with Crippen molar-refractivity contribution in [3.8, 4) is 0 Å². The zero-order valence-electron chi connectivity index (χ0n) is 15.0. The van der Waals surface area contributed by atoms with Crippen LogP contribution in [-0.2, 0) is 20.9 Å². The van der Waals surface area contributed by atoms with Crippen LogP contribution in [0.15, 0.2) is 30.5 Å². The molecule has 25 heavy (non-hydrogen) atoms. The highest BCUT2D eigenvalue weighted by atomic mass is 16.5. The summed E-state index contributed by atoms with van der Waals surface area (Å²) in [5, 5.41) is 1.33. The minimum Gasteiger partial charge on any atom is -0.456 e. The molecular formula is C20H26N2O3. The van der Waals surface area contributed by atoms with E-state index in [-0.39, 0.29) is 12.5 Å². The first-order chi connectivity index (χ1) is 12.1. The van der Waals surface area contributed by atoms with Crippen LogP contribution >= 0.6 is 0 Å². The van der Waals surface area contributed by atoms with Gasteiger partial charge in [0.1, 0.15) is 0 Å². The van der Waals surface area contributed by atoms with Gasteiger partial charge in [0.05, 0.1) is 0 Å². The Labute approximate surface area is 148 Å². The molecule has 1 amide bonds. The van der Waals surface area contributed by atoms with E-state index in [1.165, 1.54) is 23.4 Å². The highest BCUT2D eigenvalue weighted by Crippen LogP contribution is 2.34. The lowest BCUT2D eigenvalue weighted by atomic mass is 9.89. The van der Waals surface area contributed by atoms with Gasteiger partial charge in [0.15, 0.2) is 6.61 Å². The second kappa shape index (κ2) is 7.72. The number of aromatic nitrogens is 1. The van der Waals surface area contributed by atoms with E-state index in [9.17, 15) is 9.59 Å². The number of hydrogen-bond acceptors (Lipinski definition) is 3. The Balaban J connectivity index is 1.70. The van der Waals surface area contributed by atoms with Gasteiger partial charge in [0.25, 0.3) is 5.91 Å². The van der Waals surface area contributed by atoms with E-state index in [0.29, 0.717) is 5.92 Å². The summed E-state index contributed by atoms with van der Waals surface area (Å²) in [4.78, 5) is 24.8. The molecule has 0 radical (unpaired) electrons. The smallest absolute Gasteiger partial charge is 0.303 e. The molecule has 0 N–H and O–H groups in total. The SMILES string of the molecule is CCCn1cc(C2CCN(C(=O)COC(C)=O)CC2)c2ccccc21. The summed E-state index contributed by atoms with van der Waals surface area (Å²) >= 11 is 0. The second-order valence-electron chi connectivity index (χ2n) is 6.73. The number of amides is 1. The van der Waals surface area contributed by atoms with E-state index in [4.69, 9.17) is 4.74 Å². The number of esters is 1. The largest absolute Gasteiger partial charge is 0.456 e. The summed E-state index contributed by atoms with van der Waals surface area (Å²) in [6, 6.07) is 8.58. The molecule has 1 fully saturated rings. The van der Waals surface area contributed by atoms with Crippen molar-refractivity contribution in [3.05, 3.63) is 36.0 Å². The Bertz CT molecular complexity index is 757. The fourth-order valence-corrected chi connectivity index (χ4v) is 3.72. The minimum absolute atomic E-state index is 0.0953. The van der Waals surface area contributed by atoms with Crippen LogP contribution in [0.1, 0.15) is 44.6 Å². The first-order valence-corrected chi connectivity index (χ1v) is 9.09. The highest BCUT2D eigenvalue weighted by molar-refractivity contribution is 5.84. The lowest BCUT2D eigenvalue weighted by molar-refractivity contribution is -0.150. The van der Waals surface area contributed by atoms with Crippen LogP contribution in [-0.4, -0.2) is 41.0 Å². The van der Waals surface area contributed by atoms with Crippen molar-refractivity contribution in [2.24, 2.45) is 0 Å². The Kier molecular flexibility index (Phi) is 5.41. The maximum atomic E-state index is 12.1. The molecule has 1 aromatic carbocycles. The quantitative estimate of drug-likeness (QED) is 0.783. The van der Waals surface area contributed by atoms with Crippen LogP contribution < -0.4 is 0 Å². The van der Waals surface area contributed by atoms with Gasteiger partial charge in [-0.25, -0.2) is 0 Å². The fourth-order valence-electron chi connectivity index (χ4n) is 3.72. The second-order valence-corrected chi connectivity index (χ2v) is 6.73. The monoisotopic (exact) mass is 342 g/mol. The normalized spacial score (nSPS) is 15.5. The number of ether oxygens (including phenoxy) is 1. The summed E-state index contributed by atoms with van der Waals surface area (Å²) in [5.74, 6) is -0.0326. The number of para-hydroxylation sites is 1. The number of piperidine rings is 1. The average molecular weight is 342 g/mol. The molecule has 1 aliphatic rings. The van der Waals surface area contributed by atoms with Crippen LogP contribution in [0.25, 0.3) is 10.9 Å². The molecule has 1 aliphatic heterocycles. The summed E-state index contributed by atoms with van der Waals surface area (Å²) in [6.45, 7) is 5.85. The number of benzene rings is 1. The van der Waals surface area contributed by atoms with Crippen molar-refractivity contribution < 1.29 is 14.3 Å². The molecule has 5 heteroatoms. The summed E-state index contributed by atoms with van der Waals surface area (Å²) in [7, 11) is 0. The fraction of sp³-hybridized carbons (Fsp3) is 0.500. The summed E-state index contributed by atoms with van der Waals surface area (Å²) in [6.07, 6.45) is 5.31. The van der Waals surface area contributed by atoms with Crippen LogP contribution in [0.3, 0.4) is 0 Å². The molecule has 0 bridgehead atoms. The third kappa shape index (κ3) is 3.86. The van der Waals surface area contributed by atoms with Gasteiger partial charge in [-0.3, -0.25) is 9.59 Å². The van der Waals surface area contributed by atoms with Crippen molar-refractivity contribution in [3.63, 3.8) is 0 Å². The van der Waals surface area contributed by atoms with Crippen LogP contribution in [0, 0.1) is 0 Å². The Morgan fingerprint density at radius 1 is 1.20 bits per heavy atom. The predicted molar refractivity (Wildman–Crippen MR) is 97.4 cm³/mol. The third-order valence-corrected chi connectivity index (χ3v) is 4.97. The van der Waals surface area contributed by atoms with Gasteiger partial charge >= 0.3 is 5.97 Å². The van der Waals surface area contributed by atoms with Crippen molar-refractivity contribution in [2.75, 3.05) is 19.7 Å². The Hall–Kier alpha value is -2.30. The highest BCUT2D eigenvalue weighted by Gasteiger charge is 2.26. The van der Waals surface area contributed by atoms with Crippen molar-refractivity contribution in [1.29, 1.82) is 0 Å². The molecule has 1 aromatic heterocycles. The molecule has 3 rings (SSSR count). The van der Waals surface area contributed by atoms with Gasteiger partial charge in [0.2, 0.25) is 0 Å². The van der Waals surface area contributed by atoms with E-state index >= 15 is 0 Å². The maximum Gasteiger partial charge on any atom is 0.303 e. The zero-order chi connectivity index (χ0) is 17.8. The molecule has 1 saturated heterocycles. The van der Waals surface area contributed by atoms with E-state index < -0.39 is 5.97 Å². The van der Waals surface area contributed by atoms with Crippen molar-refractivity contribution in [1.82, 2.24) is 9.47 Å².